The van der Waals surface area contributed by atoms with Crippen molar-refractivity contribution in [2.45, 2.75) is 38.8 Å². The van der Waals surface area contributed by atoms with E-state index in [0.717, 1.165) is 0 Å². The van der Waals surface area contributed by atoms with E-state index in [1.165, 1.54) is 0 Å². The quantitative estimate of drug-likeness (QED) is 0.377. The number of aliphatic hydroxyl groups is 1. The number of rotatable bonds is 6. The first-order valence-electron chi connectivity index (χ1n) is 4.48. The normalized spacial score (nSPS) is 14.6. The van der Waals surface area contributed by atoms with Crippen LogP contribution in [0.1, 0.15) is 26.7 Å². The molecule has 0 aromatic heterocycles. The molecule has 1 amide bonds. The van der Waals surface area contributed by atoms with E-state index in [1.807, 2.05) is 13.8 Å². The number of hydrogen-bond donors (Lipinski definition) is 2. The molecular formula is C8H16N4O2. The number of aliphatic hydroxyl groups excluding tert-OH is 1. The Morgan fingerprint density at radius 1 is 1.64 bits per heavy atom. The van der Waals surface area contributed by atoms with Gasteiger partial charge in [0.05, 0.1) is 18.6 Å². The van der Waals surface area contributed by atoms with E-state index < -0.39 is 18.1 Å². The molecule has 0 aliphatic carbocycles. The molecule has 0 rings (SSSR count). The molecule has 0 bridgehead atoms. The number of nitrogens with zero attached hydrogens (tertiary/aromatic N) is 3. The van der Waals surface area contributed by atoms with Crippen LogP contribution in [0, 0.1) is 5.92 Å². The van der Waals surface area contributed by atoms with Crippen molar-refractivity contribution in [2.75, 3.05) is 0 Å². The molecule has 6 heteroatoms. The zero-order valence-corrected chi connectivity index (χ0v) is 8.42. The summed E-state index contributed by atoms with van der Waals surface area (Å²) >= 11 is 0. The van der Waals surface area contributed by atoms with Crippen molar-refractivity contribution in [2.24, 2.45) is 16.8 Å². The molecule has 0 aliphatic heterocycles. The summed E-state index contributed by atoms with van der Waals surface area (Å²) in [5, 5.41) is 12.9. The predicted octanol–water partition coefficient (Wildman–Crippen LogP) is 0.948. The molecule has 0 heterocycles. The summed E-state index contributed by atoms with van der Waals surface area (Å²) in [7, 11) is 0. The fourth-order valence-electron chi connectivity index (χ4n) is 1.17. The first kappa shape index (κ1) is 12.7. The SMILES string of the molecule is CC(C)C[C@@H](N=[N+]=[N-])[C@H](O)CC(N)=O. The van der Waals surface area contributed by atoms with Crippen molar-refractivity contribution in [1.82, 2.24) is 0 Å². The zero-order chi connectivity index (χ0) is 11.1. The van der Waals surface area contributed by atoms with Crippen molar-refractivity contribution in [3.05, 3.63) is 10.4 Å². The molecule has 0 aromatic carbocycles. The van der Waals surface area contributed by atoms with Gasteiger partial charge in [0.2, 0.25) is 5.91 Å². The summed E-state index contributed by atoms with van der Waals surface area (Å²) in [4.78, 5) is 13.2. The van der Waals surface area contributed by atoms with E-state index in [2.05, 4.69) is 10.0 Å². The van der Waals surface area contributed by atoms with Gasteiger partial charge in [0, 0.05) is 4.91 Å². The summed E-state index contributed by atoms with van der Waals surface area (Å²) in [6, 6.07) is -0.576. The summed E-state index contributed by atoms with van der Waals surface area (Å²) in [5.74, 6) is -0.313. The van der Waals surface area contributed by atoms with Crippen LogP contribution in [0.3, 0.4) is 0 Å². The summed E-state index contributed by atoms with van der Waals surface area (Å²) in [6.45, 7) is 3.88. The number of nitrogens with two attached hydrogens (primary N) is 1. The predicted molar refractivity (Wildman–Crippen MR) is 52.2 cm³/mol. The van der Waals surface area contributed by atoms with Gasteiger partial charge in [-0.2, -0.15) is 0 Å². The van der Waals surface area contributed by atoms with Crippen LogP contribution in [-0.2, 0) is 4.79 Å². The highest BCUT2D eigenvalue weighted by atomic mass is 16.3. The minimum absolute atomic E-state index is 0.170. The summed E-state index contributed by atoms with van der Waals surface area (Å²) < 4.78 is 0. The second-order valence-corrected chi connectivity index (χ2v) is 3.64. The number of carbonyl (C=O) groups is 1. The first-order chi connectivity index (χ1) is 6.47. The molecule has 80 valence electrons. The topological polar surface area (TPSA) is 112 Å². The number of carbonyl (C=O) groups excluding carboxylic acids is 1. The Bertz CT molecular complexity index is 235. The van der Waals surface area contributed by atoms with Gasteiger partial charge in [0.25, 0.3) is 0 Å². The van der Waals surface area contributed by atoms with E-state index >= 15 is 0 Å². The summed E-state index contributed by atoms with van der Waals surface area (Å²) in [5.41, 5.74) is 13.2. The second-order valence-electron chi connectivity index (χ2n) is 3.64. The average molecular weight is 200 g/mol. The second kappa shape index (κ2) is 6.23. The Hall–Kier alpha value is -1.26. The van der Waals surface area contributed by atoms with Crippen molar-refractivity contribution in [1.29, 1.82) is 0 Å². The number of hydrogen-bond acceptors (Lipinski definition) is 3. The number of azide groups is 1. The molecule has 0 saturated carbocycles. The molecule has 6 nitrogen and oxygen atoms in total. The Morgan fingerprint density at radius 3 is 2.57 bits per heavy atom. The maximum atomic E-state index is 10.5. The van der Waals surface area contributed by atoms with Crippen molar-refractivity contribution >= 4 is 5.91 Å². The highest BCUT2D eigenvalue weighted by molar-refractivity contribution is 5.74. The minimum Gasteiger partial charge on any atom is -0.392 e. The van der Waals surface area contributed by atoms with Crippen LogP contribution in [0.4, 0.5) is 0 Å². The average Bonchev–Trinajstić information content (AvgIpc) is 2.01. The largest absolute Gasteiger partial charge is 0.392 e. The van der Waals surface area contributed by atoms with Gasteiger partial charge < -0.3 is 10.8 Å². The van der Waals surface area contributed by atoms with E-state index in [0.29, 0.717) is 6.42 Å². The third-order valence-corrected chi connectivity index (χ3v) is 1.77. The van der Waals surface area contributed by atoms with E-state index in [1.54, 1.807) is 0 Å². The van der Waals surface area contributed by atoms with Crippen molar-refractivity contribution < 1.29 is 9.90 Å². The maximum absolute atomic E-state index is 10.5. The fraction of sp³-hybridized carbons (Fsp3) is 0.875. The van der Waals surface area contributed by atoms with Crippen LogP contribution >= 0.6 is 0 Å². The molecule has 0 aliphatic rings. The lowest BCUT2D eigenvalue weighted by Crippen LogP contribution is -2.30. The van der Waals surface area contributed by atoms with Crippen LogP contribution in [0.2, 0.25) is 0 Å². The molecular weight excluding hydrogens is 184 g/mol. The molecule has 3 N–H and O–H groups in total. The Balaban J connectivity index is 4.31. The molecule has 0 unspecified atom stereocenters. The lowest BCUT2D eigenvalue weighted by Gasteiger charge is -2.18. The van der Waals surface area contributed by atoms with Crippen LogP contribution in [0.15, 0.2) is 5.11 Å². The first-order valence-corrected chi connectivity index (χ1v) is 4.48. The Kier molecular flexibility index (Phi) is 5.67. The van der Waals surface area contributed by atoms with Gasteiger partial charge in [0.1, 0.15) is 0 Å². The number of primary amides is 1. The third kappa shape index (κ3) is 5.40. The zero-order valence-electron chi connectivity index (χ0n) is 8.42. The smallest absolute Gasteiger partial charge is 0.220 e. The van der Waals surface area contributed by atoms with Gasteiger partial charge in [-0.1, -0.05) is 19.0 Å². The third-order valence-electron chi connectivity index (χ3n) is 1.77. The van der Waals surface area contributed by atoms with Gasteiger partial charge in [0.15, 0.2) is 0 Å². The van der Waals surface area contributed by atoms with Crippen LogP contribution in [0.5, 0.6) is 0 Å². The van der Waals surface area contributed by atoms with E-state index in [-0.39, 0.29) is 12.3 Å². The number of amides is 1. The molecule has 14 heavy (non-hydrogen) atoms. The van der Waals surface area contributed by atoms with Gasteiger partial charge >= 0.3 is 0 Å². The Labute approximate surface area is 82.7 Å². The van der Waals surface area contributed by atoms with Crippen molar-refractivity contribution in [3.63, 3.8) is 0 Å². The van der Waals surface area contributed by atoms with Crippen LogP contribution in [0.25, 0.3) is 10.4 Å². The molecule has 2 atom stereocenters. The molecule has 0 fully saturated rings. The van der Waals surface area contributed by atoms with Gasteiger partial charge in [-0.15, -0.1) is 0 Å². The molecule has 0 saturated heterocycles. The Morgan fingerprint density at radius 2 is 2.21 bits per heavy atom. The van der Waals surface area contributed by atoms with Gasteiger partial charge in [-0.3, -0.25) is 4.79 Å². The monoisotopic (exact) mass is 200 g/mol. The minimum atomic E-state index is -0.981. The maximum Gasteiger partial charge on any atom is 0.220 e. The lowest BCUT2D eigenvalue weighted by molar-refractivity contribution is -0.120. The lowest BCUT2D eigenvalue weighted by atomic mass is 9.98. The van der Waals surface area contributed by atoms with Crippen LogP contribution in [-0.4, -0.2) is 23.2 Å². The highest BCUT2D eigenvalue weighted by Crippen LogP contribution is 2.14. The molecule has 0 aromatic rings. The fourth-order valence-corrected chi connectivity index (χ4v) is 1.17. The highest BCUT2D eigenvalue weighted by Gasteiger charge is 2.20. The van der Waals surface area contributed by atoms with Crippen LogP contribution < -0.4 is 5.73 Å². The van der Waals surface area contributed by atoms with Crippen molar-refractivity contribution in [3.8, 4) is 0 Å². The van der Waals surface area contributed by atoms with Gasteiger partial charge in [-0.05, 0) is 17.9 Å². The van der Waals surface area contributed by atoms with E-state index in [9.17, 15) is 9.90 Å². The molecule has 0 spiro atoms. The summed E-state index contributed by atoms with van der Waals surface area (Å²) in [6.07, 6.45) is -0.611. The standard InChI is InChI=1S/C8H16N4O2/c1-5(2)3-6(11-12-10)7(13)4-8(9)14/h5-7,13H,3-4H2,1-2H3,(H2,9,14)/t6-,7-/m1/s1. The van der Waals surface area contributed by atoms with Gasteiger partial charge in [-0.25, -0.2) is 0 Å². The molecule has 0 radical (unpaired) electrons. The van der Waals surface area contributed by atoms with E-state index in [4.69, 9.17) is 11.3 Å².